The van der Waals surface area contributed by atoms with Gasteiger partial charge in [0, 0.05) is 6.54 Å². The van der Waals surface area contributed by atoms with Crippen molar-refractivity contribution in [2.75, 3.05) is 6.54 Å². The molecule has 0 aliphatic heterocycles. The lowest BCUT2D eigenvalue weighted by Gasteiger charge is -2.19. The van der Waals surface area contributed by atoms with Gasteiger partial charge in [0.15, 0.2) is 0 Å². The molecule has 0 saturated heterocycles. The lowest BCUT2D eigenvalue weighted by Crippen LogP contribution is -2.32. The average Bonchev–Trinajstić information content (AvgIpc) is 2.33. The molecule has 110 valence electrons. The maximum atomic E-state index is 12.8. The number of halogens is 3. The maximum Gasteiger partial charge on any atom is 0.416 e. The number of alkyl halides is 3. The molecule has 0 bridgehead atoms. The third-order valence-corrected chi connectivity index (χ3v) is 2.51. The Morgan fingerprint density at radius 2 is 1.80 bits per heavy atom. The molecule has 0 amide bonds. The molecule has 1 aromatic rings. The van der Waals surface area contributed by atoms with E-state index in [4.69, 9.17) is 10.2 Å². The highest BCUT2D eigenvalue weighted by Crippen LogP contribution is 2.34. The van der Waals surface area contributed by atoms with Gasteiger partial charge in [-0.25, -0.2) is 0 Å². The Labute approximate surface area is 112 Å². The average molecular weight is 291 g/mol. The van der Waals surface area contributed by atoms with Gasteiger partial charge in [-0.15, -0.1) is 0 Å². The van der Waals surface area contributed by atoms with Gasteiger partial charge in [-0.05, 0) is 11.6 Å². The van der Waals surface area contributed by atoms with Crippen LogP contribution in [0.25, 0.3) is 0 Å². The fourth-order valence-electron chi connectivity index (χ4n) is 1.66. The number of benzene rings is 1. The van der Waals surface area contributed by atoms with Crippen molar-refractivity contribution in [2.45, 2.75) is 18.6 Å². The van der Waals surface area contributed by atoms with Crippen LogP contribution in [0.1, 0.15) is 23.6 Å². The molecule has 8 heteroatoms. The van der Waals surface area contributed by atoms with Crippen LogP contribution in [0.15, 0.2) is 24.3 Å². The standard InChI is InChI=1S/C12H12F3NO4/c13-12(14,15)8-4-2-1-3-7(8)10(11(19)20)16-6-5-9(17)18/h1-4,10,16H,5-6H2,(H,17,18)(H,19,20). The molecule has 3 N–H and O–H groups in total. The summed E-state index contributed by atoms with van der Waals surface area (Å²) in [6.45, 7) is -0.251. The van der Waals surface area contributed by atoms with Crippen LogP contribution in [0, 0.1) is 0 Å². The number of carboxylic acids is 2. The summed E-state index contributed by atoms with van der Waals surface area (Å²) in [6, 6.07) is 2.66. The van der Waals surface area contributed by atoms with Gasteiger partial charge in [-0.3, -0.25) is 9.59 Å². The van der Waals surface area contributed by atoms with Gasteiger partial charge >= 0.3 is 18.1 Å². The van der Waals surface area contributed by atoms with Crippen molar-refractivity contribution in [3.63, 3.8) is 0 Å². The van der Waals surface area contributed by atoms with Crippen LogP contribution in [0.5, 0.6) is 0 Å². The molecule has 0 heterocycles. The summed E-state index contributed by atoms with van der Waals surface area (Å²) in [5.41, 5.74) is -1.51. The normalized spacial score (nSPS) is 12.9. The molecule has 0 spiro atoms. The Bertz CT molecular complexity index is 502. The van der Waals surface area contributed by atoms with Crippen molar-refractivity contribution in [3.8, 4) is 0 Å². The third kappa shape index (κ3) is 4.23. The first-order chi connectivity index (χ1) is 9.23. The molecule has 0 fully saturated rings. The maximum absolute atomic E-state index is 12.8. The van der Waals surface area contributed by atoms with E-state index in [2.05, 4.69) is 5.32 Å². The predicted molar refractivity (Wildman–Crippen MR) is 62.1 cm³/mol. The summed E-state index contributed by atoms with van der Waals surface area (Å²) < 4.78 is 38.4. The molecule has 1 rings (SSSR count). The number of hydrogen-bond donors (Lipinski definition) is 3. The van der Waals surface area contributed by atoms with Crippen molar-refractivity contribution >= 4 is 11.9 Å². The van der Waals surface area contributed by atoms with Gasteiger partial charge in [0.25, 0.3) is 0 Å². The quantitative estimate of drug-likeness (QED) is 0.745. The Morgan fingerprint density at radius 1 is 1.20 bits per heavy atom. The van der Waals surface area contributed by atoms with E-state index >= 15 is 0 Å². The molecule has 0 radical (unpaired) electrons. The van der Waals surface area contributed by atoms with Gasteiger partial charge in [0.1, 0.15) is 6.04 Å². The van der Waals surface area contributed by atoms with E-state index in [1.54, 1.807) is 0 Å². The smallest absolute Gasteiger partial charge is 0.416 e. The molecule has 1 atom stereocenters. The summed E-state index contributed by atoms with van der Waals surface area (Å²) in [5, 5.41) is 19.8. The minimum absolute atomic E-state index is 0.251. The fourth-order valence-corrected chi connectivity index (χ4v) is 1.66. The topological polar surface area (TPSA) is 86.6 Å². The molecule has 1 aromatic carbocycles. The fraction of sp³-hybridized carbons (Fsp3) is 0.333. The van der Waals surface area contributed by atoms with Gasteiger partial charge in [-0.2, -0.15) is 13.2 Å². The minimum atomic E-state index is -4.68. The SMILES string of the molecule is O=C(O)CCNC(C(=O)O)c1ccccc1C(F)(F)F. The number of nitrogens with one attached hydrogen (secondary N) is 1. The number of aliphatic carboxylic acids is 2. The summed E-state index contributed by atoms with van der Waals surface area (Å²) in [7, 11) is 0. The zero-order valence-corrected chi connectivity index (χ0v) is 10.1. The van der Waals surface area contributed by atoms with Crippen molar-refractivity contribution in [1.82, 2.24) is 5.32 Å². The molecule has 20 heavy (non-hydrogen) atoms. The Balaban J connectivity index is 3.03. The lowest BCUT2D eigenvalue weighted by atomic mass is 9.99. The van der Waals surface area contributed by atoms with E-state index in [0.717, 1.165) is 18.2 Å². The van der Waals surface area contributed by atoms with Crippen LogP contribution >= 0.6 is 0 Å². The molecule has 0 saturated carbocycles. The van der Waals surface area contributed by atoms with Gasteiger partial charge in [0.2, 0.25) is 0 Å². The summed E-state index contributed by atoms with van der Waals surface area (Å²) >= 11 is 0. The van der Waals surface area contributed by atoms with E-state index in [1.165, 1.54) is 6.07 Å². The number of carboxylic acid groups (broad SMARTS) is 2. The van der Waals surface area contributed by atoms with Crippen molar-refractivity contribution in [1.29, 1.82) is 0 Å². The summed E-state index contributed by atoms with van der Waals surface area (Å²) in [6.07, 6.45) is -5.07. The number of carbonyl (C=O) groups is 2. The molecular weight excluding hydrogens is 279 g/mol. The number of hydrogen-bond acceptors (Lipinski definition) is 3. The molecule has 0 aliphatic carbocycles. The van der Waals surface area contributed by atoms with Crippen molar-refractivity contribution < 1.29 is 33.0 Å². The van der Waals surface area contributed by atoms with E-state index in [0.29, 0.717) is 0 Å². The van der Waals surface area contributed by atoms with E-state index in [1.807, 2.05) is 0 Å². The highest BCUT2D eigenvalue weighted by molar-refractivity contribution is 5.76. The highest BCUT2D eigenvalue weighted by Gasteiger charge is 2.36. The Kier molecular flexibility index (Phi) is 5.09. The second-order valence-electron chi connectivity index (χ2n) is 3.95. The van der Waals surface area contributed by atoms with Gasteiger partial charge in [-0.1, -0.05) is 18.2 Å². The lowest BCUT2D eigenvalue weighted by molar-refractivity contribution is -0.143. The molecule has 0 aromatic heterocycles. The van der Waals surface area contributed by atoms with Gasteiger partial charge in [0.05, 0.1) is 12.0 Å². The zero-order chi connectivity index (χ0) is 15.3. The second kappa shape index (κ2) is 6.38. The van der Waals surface area contributed by atoms with Crippen molar-refractivity contribution in [2.24, 2.45) is 0 Å². The second-order valence-corrected chi connectivity index (χ2v) is 3.95. The Morgan fingerprint density at radius 3 is 2.30 bits per heavy atom. The highest BCUT2D eigenvalue weighted by atomic mass is 19.4. The van der Waals surface area contributed by atoms with Crippen molar-refractivity contribution in [3.05, 3.63) is 35.4 Å². The van der Waals surface area contributed by atoms with E-state index < -0.39 is 41.7 Å². The van der Waals surface area contributed by atoms with Crippen LogP contribution in [0.3, 0.4) is 0 Å². The number of rotatable bonds is 6. The third-order valence-electron chi connectivity index (χ3n) is 2.51. The molecule has 1 unspecified atom stereocenters. The van der Waals surface area contributed by atoms with E-state index in [9.17, 15) is 22.8 Å². The molecule has 0 aliphatic rings. The first kappa shape index (κ1) is 16.0. The summed E-state index contributed by atoms with van der Waals surface area (Å²) in [5.74, 6) is -2.68. The van der Waals surface area contributed by atoms with Crippen LogP contribution in [-0.4, -0.2) is 28.7 Å². The largest absolute Gasteiger partial charge is 0.481 e. The molecule has 5 nitrogen and oxygen atoms in total. The monoisotopic (exact) mass is 291 g/mol. The van der Waals surface area contributed by atoms with Crippen LogP contribution in [0.2, 0.25) is 0 Å². The van der Waals surface area contributed by atoms with E-state index in [-0.39, 0.29) is 6.54 Å². The van der Waals surface area contributed by atoms with Crippen LogP contribution in [0.4, 0.5) is 13.2 Å². The first-order valence-corrected chi connectivity index (χ1v) is 5.57. The van der Waals surface area contributed by atoms with Gasteiger partial charge < -0.3 is 15.5 Å². The summed E-state index contributed by atoms with van der Waals surface area (Å²) in [4.78, 5) is 21.4. The van der Waals surface area contributed by atoms with Crippen LogP contribution in [-0.2, 0) is 15.8 Å². The molecular formula is C12H12F3NO4. The predicted octanol–water partition coefficient (Wildman–Crippen LogP) is 1.90. The zero-order valence-electron chi connectivity index (χ0n) is 10.1. The first-order valence-electron chi connectivity index (χ1n) is 5.57. The minimum Gasteiger partial charge on any atom is -0.481 e. The Hall–Kier alpha value is -2.09. The van der Waals surface area contributed by atoms with Crippen LogP contribution < -0.4 is 5.32 Å².